The molecule has 1 fully saturated rings. The normalized spacial score (nSPS) is 23.3. The van der Waals surface area contributed by atoms with Crippen LogP contribution in [0.25, 0.3) is 0 Å². The summed E-state index contributed by atoms with van der Waals surface area (Å²) in [6.07, 6.45) is 7.39. The minimum absolute atomic E-state index is 0.0843. The van der Waals surface area contributed by atoms with Crippen molar-refractivity contribution in [2.75, 3.05) is 6.26 Å². The summed E-state index contributed by atoms with van der Waals surface area (Å²) in [4.78, 5) is 12.3. The molecule has 7 heteroatoms. The minimum Gasteiger partial charge on any atom is -0.349 e. The molecule has 124 valence electrons. The SMILES string of the molecule is CC(C)(C)n1cc(C(=O)N[C@@H]2CCC[C@@H](S(C)(=O)=O)C2)cn1. The van der Waals surface area contributed by atoms with Crippen LogP contribution >= 0.6 is 0 Å². The molecular formula is C15H25N3O3S. The monoisotopic (exact) mass is 327 g/mol. The Bertz CT molecular complexity index is 643. The summed E-state index contributed by atoms with van der Waals surface area (Å²) in [5.41, 5.74) is 0.335. The van der Waals surface area contributed by atoms with E-state index >= 15 is 0 Å². The first-order chi connectivity index (χ1) is 10.1. The topological polar surface area (TPSA) is 81.1 Å². The molecule has 0 saturated heterocycles. The lowest BCUT2D eigenvalue weighted by molar-refractivity contribution is 0.0927. The van der Waals surface area contributed by atoms with Gasteiger partial charge < -0.3 is 5.32 Å². The second-order valence-electron chi connectivity index (χ2n) is 7.13. The first-order valence-electron chi connectivity index (χ1n) is 7.62. The maximum absolute atomic E-state index is 12.3. The van der Waals surface area contributed by atoms with Gasteiger partial charge in [-0.05, 0) is 40.0 Å². The quantitative estimate of drug-likeness (QED) is 0.916. The Balaban J connectivity index is 2.01. The fourth-order valence-corrected chi connectivity index (χ4v) is 3.92. The largest absolute Gasteiger partial charge is 0.349 e. The second-order valence-corrected chi connectivity index (χ2v) is 9.46. The van der Waals surface area contributed by atoms with Gasteiger partial charge in [0.25, 0.3) is 5.91 Å². The molecule has 22 heavy (non-hydrogen) atoms. The number of amides is 1. The van der Waals surface area contributed by atoms with E-state index in [1.165, 1.54) is 6.26 Å². The summed E-state index contributed by atoms with van der Waals surface area (Å²) >= 11 is 0. The summed E-state index contributed by atoms with van der Waals surface area (Å²) in [5.74, 6) is -0.186. The van der Waals surface area contributed by atoms with Crippen LogP contribution in [0.15, 0.2) is 12.4 Å². The second kappa shape index (κ2) is 6.02. The van der Waals surface area contributed by atoms with Gasteiger partial charge in [-0.15, -0.1) is 0 Å². The highest BCUT2D eigenvalue weighted by molar-refractivity contribution is 7.91. The molecule has 0 spiro atoms. The number of sulfone groups is 1. The Labute approximate surface area is 132 Å². The zero-order valence-corrected chi connectivity index (χ0v) is 14.5. The number of aromatic nitrogens is 2. The van der Waals surface area contributed by atoms with Gasteiger partial charge >= 0.3 is 0 Å². The van der Waals surface area contributed by atoms with Crippen molar-refractivity contribution in [3.8, 4) is 0 Å². The van der Waals surface area contributed by atoms with Crippen molar-refractivity contribution < 1.29 is 13.2 Å². The summed E-state index contributed by atoms with van der Waals surface area (Å²) in [5, 5.41) is 6.82. The number of nitrogens with zero attached hydrogens (tertiary/aromatic N) is 2. The smallest absolute Gasteiger partial charge is 0.254 e. The zero-order chi connectivity index (χ0) is 16.5. The van der Waals surface area contributed by atoms with Crippen molar-refractivity contribution in [1.29, 1.82) is 0 Å². The van der Waals surface area contributed by atoms with Crippen LogP contribution < -0.4 is 5.32 Å². The van der Waals surface area contributed by atoms with Crippen molar-refractivity contribution in [3.63, 3.8) is 0 Å². The highest BCUT2D eigenvalue weighted by atomic mass is 32.2. The maximum Gasteiger partial charge on any atom is 0.254 e. The van der Waals surface area contributed by atoms with Gasteiger partial charge in [0.2, 0.25) is 0 Å². The van der Waals surface area contributed by atoms with E-state index in [1.54, 1.807) is 17.1 Å². The number of hydrogen-bond acceptors (Lipinski definition) is 4. The van der Waals surface area contributed by atoms with Crippen molar-refractivity contribution in [3.05, 3.63) is 18.0 Å². The number of nitrogens with one attached hydrogen (secondary N) is 1. The molecular weight excluding hydrogens is 302 g/mol. The molecule has 0 unspecified atom stereocenters. The lowest BCUT2D eigenvalue weighted by Gasteiger charge is -2.28. The molecule has 0 aromatic carbocycles. The molecule has 1 aromatic rings. The first-order valence-corrected chi connectivity index (χ1v) is 9.57. The van der Waals surface area contributed by atoms with Gasteiger partial charge in [-0.25, -0.2) is 8.42 Å². The van der Waals surface area contributed by atoms with Gasteiger partial charge in [0.05, 0.1) is 22.5 Å². The van der Waals surface area contributed by atoms with E-state index in [1.807, 2.05) is 20.8 Å². The van der Waals surface area contributed by atoms with Crippen LogP contribution in [0.5, 0.6) is 0 Å². The number of hydrogen-bond donors (Lipinski definition) is 1. The van der Waals surface area contributed by atoms with Gasteiger partial charge in [-0.2, -0.15) is 5.10 Å². The van der Waals surface area contributed by atoms with E-state index in [9.17, 15) is 13.2 Å². The highest BCUT2D eigenvalue weighted by Gasteiger charge is 2.30. The Morgan fingerprint density at radius 3 is 2.59 bits per heavy atom. The van der Waals surface area contributed by atoms with Crippen LogP contribution in [0.4, 0.5) is 0 Å². The van der Waals surface area contributed by atoms with Crippen molar-refractivity contribution in [1.82, 2.24) is 15.1 Å². The molecule has 1 amide bonds. The van der Waals surface area contributed by atoms with E-state index in [0.29, 0.717) is 18.4 Å². The van der Waals surface area contributed by atoms with Crippen molar-refractivity contribution in [2.24, 2.45) is 0 Å². The molecule has 0 aliphatic heterocycles. The fraction of sp³-hybridized carbons (Fsp3) is 0.733. The lowest BCUT2D eigenvalue weighted by atomic mass is 9.95. The summed E-state index contributed by atoms with van der Waals surface area (Å²) in [6, 6.07) is -0.0843. The van der Waals surface area contributed by atoms with E-state index in [0.717, 1.165) is 12.8 Å². The number of rotatable bonds is 3. The third-order valence-electron chi connectivity index (χ3n) is 4.10. The standard InChI is InChI=1S/C15H25N3O3S/c1-15(2,3)18-10-11(9-16-18)14(19)17-12-6-5-7-13(8-12)22(4,20)21/h9-10,12-13H,5-8H2,1-4H3,(H,17,19)/t12-,13-/m1/s1. The average Bonchev–Trinajstić information content (AvgIpc) is 2.87. The molecule has 1 N–H and O–H groups in total. The molecule has 2 rings (SSSR count). The molecule has 2 atom stereocenters. The van der Waals surface area contributed by atoms with E-state index < -0.39 is 9.84 Å². The maximum atomic E-state index is 12.3. The Morgan fingerprint density at radius 2 is 2.05 bits per heavy atom. The summed E-state index contributed by atoms with van der Waals surface area (Å²) in [6.45, 7) is 6.04. The van der Waals surface area contributed by atoms with Crippen molar-refractivity contribution >= 4 is 15.7 Å². The van der Waals surface area contributed by atoms with Gasteiger partial charge in [0.1, 0.15) is 9.84 Å². The number of carbonyl (C=O) groups excluding carboxylic acids is 1. The van der Waals surface area contributed by atoms with Crippen LogP contribution in [0.1, 0.15) is 56.8 Å². The predicted octanol–water partition coefficient (Wildman–Crippen LogP) is 1.72. The van der Waals surface area contributed by atoms with Crippen LogP contribution in [-0.4, -0.2) is 41.7 Å². The van der Waals surface area contributed by atoms with Gasteiger partial charge in [0, 0.05) is 18.5 Å². The highest BCUT2D eigenvalue weighted by Crippen LogP contribution is 2.24. The van der Waals surface area contributed by atoms with Crippen LogP contribution in [0, 0.1) is 0 Å². The number of carbonyl (C=O) groups is 1. The Hall–Kier alpha value is -1.37. The Kier molecular flexibility index (Phi) is 4.65. The van der Waals surface area contributed by atoms with Crippen molar-refractivity contribution in [2.45, 2.75) is 63.3 Å². The molecule has 6 nitrogen and oxygen atoms in total. The fourth-order valence-electron chi connectivity index (χ4n) is 2.74. The molecule has 0 radical (unpaired) electrons. The molecule has 1 saturated carbocycles. The Morgan fingerprint density at radius 1 is 1.36 bits per heavy atom. The van der Waals surface area contributed by atoms with Gasteiger partial charge in [0.15, 0.2) is 0 Å². The summed E-state index contributed by atoms with van der Waals surface area (Å²) in [7, 11) is -3.04. The average molecular weight is 327 g/mol. The van der Waals surface area contributed by atoms with E-state index in [2.05, 4.69) is 10.4 Å². The molecule has 1 aromatic heterocycles. The minimum atomic E-state index is -3.04. The summed E-state index contributed by atoms with van der Waals surface area (Å²) < 4.78 is 25.1. The van der Waals surface area contributed by atoms with E-state index in [4.69, 9.17) is 0 Å². The zero-order valence-electron chi connectivity index (χ0n) is 13.7. The van der Waals surface area contributed by atoms with Crippen LogP contribution in [0.3, 0.4) is 0 Å². The third-order valence-corrected chi connectivity index (χ3v) is 5.74. The first kappa shape index (κ1) is 17.0. The lowest BCUT2D eigenvalue weighted by Crippen LogP contribution is -2.41. The predicted molar refractivity (Wildman–Crippen MR) is 85.6 cm³/mol. The molecule has 0 bridgehead atoms. The van der Waals surface area contributed by atoms with Gasteiger partial charge in [-0.3, -0.25) is 9.48 Å². The van der Waals surface area contributed by atoms with Crippen LogP contribution in [0.2, 0.25) is 0 Å². The molecule has 1 aliphatic rings. The third kappa shape index (κ3) is 4.09. The van der Waals surface area contributed by atoms with Crippen LogP contribution in [-0.2, 0) is 15.4 Å². The van der Waals surface area contributed by atoms with E-state index in [-0.39, 0.29) is 22.7 Å². The molecule has 1 heterocycles. The van der Waals surface area contributed by atoms with Gasteiger partial charge in [-0.1, -0.05) is 6.42 Å². The molecule has 1 aliphatic carbocycles.